The summed E-state index contributed by atoms with van der Waals surface area (Å²) in [6.45, 7) is 1.17. The lowest BCUT2D eigenvalue weighted by molar-refractivity contribution is -0.263. The minimum Gasteiger partial charge on any atom is -0.374 e. The summed E-state index contributed by atoms with van der Waals surface area (Å²) in [6, 6.07) is 35.4. The van der Waals surface area contributed by atoms with Crippen LogP contribution in [0.2, 0.25) is 0 Å². The van der Waals surface area contributed by atoms with Gasteiger partial charge in [0.25, 0.3) is 5.91 Å². The average molecular weight is 509 g/mol. The van der Waals surface area contributed by atoms with Crippen molar-refractivity contribution in [3.8, 4) is 6.07 Å². The number of aromatic nitrogens is 1. The predicted octanol–water partition coefficient (Wildman–Crippen LogP) is 4.96. The van der Waals surface area contributed by atoms with E-state index in [-0.39, 0.29) is 0 Å². The molecule has 192 valence electrons. The summed E-state index contributed by atoms with van der Waals surface area (Å²) in [4.78, 5) is 0. The van der Waals surface area contributed by atoms with Gasteiger partial charge in [0.1, 0.15) is 30.1 Å². The Morgan fingerprint density at radius 1 is 0.789 bits per heavy atom. The number of fused-ring (bicyclic) bond motifs is 1. The Morgan fingerprint density at radius 3 is 2.13 bits per heavy atom. The van der Waals surface area contributed by atoms with Crippen LogP contribution in [-0.2, 0) is 42.8 Å². The van der Waals surface area contributed by atoms with Crippen molar-refractivity contribution in [3.63, 3.8) is 0 Å². The highest BCUT2D eigenvalue weighted by Crippen LogP contribution is 2.46. The lowest BCUT2D eigenvalue weighted by atomic mass is 10.1. The summed E-state index contributed by atoms with van der Waals surface area (Å²) in [5.74, 6) is -1.37. The Labute approximate surface area is 221 Å². The first-order chi connectivity index (χ1) is 18.8. The van der Waals surface area contributed by atoms with Crippen molar-refractivity contribution in [2.24, 2.45) is 0 Å². The van der Waals surface area contributed by atoms with E-state index in [4.69, 9.17) is 23.7 Å². The third-order valence-corrected chi connectivity index (χ3v) is 6.84. The molecule has 2 saturated heterocycles. The third kappa shape index (κ3) is 4.76. The maximum atomic E-state index is 9.77. The van der Waals surface area contributed by atoms with Crippen LogP contribution in [0.1, 0.15) is 22.4 Å². The van der Waals surface area contributed by atoms with Gasteiger partial charge in [-0.3, -0.25) is 9.30 Å². The molecule has 0 amide bonds. The Hall–Kier alpha value is -3.77. The summed E-state index contributed by atoms with van der Waals surface area (Å²) in [5.41, 5.74) is 3.30. The second-order valence-corrected chi connectivity index (χ2v) is 9.33. The average Bonchev–Trinajstić information content (AvgIpc) is 3.67. The molecular formula is C31H28N2O5. The van der Waals surface area contributed by atoms with Gasteiger partial charge in [0.05, 0.1) is 19.8 Å². The fourth-order valence-electron chi connectivity index (χ4n) is 5.02. The Bertz CT molecular complexity index is 1370. The number of nitriles is 1. The van der Waals surface area contributed by atoms with E-state index in [0.29, 0.717) is 25.5 Å². The zero-order chi connectivity index (χ0) is 25.8. The number of nitrogens with zero attached hydrogens (tertiary/aromatic N) is 2. The summed E-state index contributed by atoms with van der Waals surface area (Å²) in [5, 5.41) is 9.77. The van der Waals surface area contributed by atoms with Gasteiger partial charge in [-0.05, 0) is 23.3 Å². The first kappa shape index (κ1) is 24.6. The predicted molar refractivity (Wildman–Crippen MR) is 138 cm³/mol. The quantitative estimate of drug-likeness (QED) is 0.318. The second kappa shape index (κ2) is 10.9. The van der Waals surface area contributed by atoms with Crippen molar-refractivity contribution in [3.05, 3.63) is 132 Å². The van der Waals surface area contributed by atoms with Crippen molar-refractivity contribution >= 4 is 0 Å². The lowest BCUT2D eigenvalue weighted by Gasteiger charge is -2.33. The monoisotopic (exact) mass is 508 g/mol. The van der Waals surface area contributed by atoms with Gasteiger partial charge in [0.2, 0.25) is 0 Å². The van der Waals surface area contributed by atoms with E-state index in [2.05, 4.69) is 6.07 Å². The Kier molecular flexibility index (Phi) is 7.06. The number of benzene rings is 3. The first-order valence-electron chi connectivity index (χ1n) is 12.7. The van der Waals surface area contributed by atoms with Gasteiger partial charge < -0.3 is 18.9 Å². The van der Waals surface area contributed by atoms with Crippen LogP contribution in [0.15, 0.2) is 109 Å². The van der Waals surface area contributed by atoms with Gasteiger partial charge in [0, 0.05) is 11.8 Å². The van der Waals surface area contributed by atoms with Crippen LogP contribution >= 0.6 is 0 Å². The maximum Gasteiger partial charge on any atom is 0.287 e. The zero-order valence-corrected chi connectivity index (χ0v) is 20.8. The van der Waals surface area contributed by atoms with Gasteiger partial charge in [-0.2, -0.15) is 5.26 Å². The molecular weight excluding hydrogens is 480 g/mol. The number of rotatable bonds is 9. The topological polar surface area (TPSA) is 74.9 Å². The van der Waals surface area contributed by atoms with Crippen LogP contribution in [0.3, 0.4) is 0 Å². The molecule has 1 unspecified atom stereocenters. The number of hydrogen-bond donors (Lipinski definition) is 0. The molecule has 4 aromatic rings. The van der Waals surface area contributed by atoms with E-state index in [1.165, 1.54) is 0 Å². The molecule has 2 fully saturated rings. The number of ether oxygens (including phenoxy) is 5. The highest BCUT2D eigenvalue weighted by atomic mass is 16.9. The second-order valence-electron chi connectivity index (χ2n) is 9.33. The van der Waals surface area contributed by atoms with Crippen LogP contribution in [0, 0.1) is 11.3 Å². The molecule has 5 atom stereocenters. The molecule has 0 spiro atoms. The highest BCUT2D eigenvalue weighted by molar-refractivity contribution is 5.30. The van der Waals surface area contributed by atoms with Crippen molar-refractivity contribution in [2.75, 3.05) is 6.61 Å². The molecule has 0 bridgehead atoms. The summed E-state index contributed by atoms with van der Waals surface area (Å²) >= 11 is 0. The van der Waals surface area contributed by atoms with Gasteiger partial charge in [-0.1, -0.05) is 91.0 Å². The molecule has 1 aromatic heterocycles. The van der Waals surface area contributed by atoms with E-state index < -0.39 is 30.5 Å². The van der Waals surface area contributed by atoms with Crippen LogP contribution in [0.5, 0.6) is 0 Å². The summed E-state index contributed by atoms with van der Waals surface area (Å²) in [6.07, 6.45) is -0.324. The smallest absolute Gasteiger partial charge is 0.287 e. The molecule has 6 rings (SSSR count). The van der Waals surface area contributed by atoms with Crippen molar-refractivity contribution in [2.45, 2.75) is 43.7 Å². The van der Waals surface area contributed by atoms with Gasteiger partial charge >= 0.3 is 0 Å². The first-order valence-corrected chi connectivity index (χ1v) is 12.7. The van der Waals surface area contributed by atoms with E-state index in [0.717, 1.165) is 16.7 Å². The standard InChI is InChI=1S/C31H28N2O5/c32-19-26-17-10-18-33(26)31(25-15-8-3-9-16-25)37-29-28(35-21-24-13-6-2-7-14-24)27(36-30(29)38-31)22-34-20-23-11-4-1-5-12-23/h1-18,27-30H,20-22H2/t27-,28-,29-,30-,31?/m1/s1. The molecule has 0 saturated carbocycles. The molecule has 7 heteroatoms. The Morgan fingerprint density at radius 2 is 1.45 bits per heavy atom. The minimum atomic E-state index is -1.37. The van der Waals surface area contributed by atoms with Crippen molar-refractivity contribution in [1.29, 1.82) is 5.26 Å². The normalized spacial score (nSPS) is 26.2. The van der Waals surface area contributed by atoms with Crippen molar-refractivity contribution in [1.82, 2.24) is 4.57 Å². The molecule has 3 heterocycles. The van der Waals surface area contributed by atoms with Gasteiger partial charge in [-0.15, -0.1) is 0 Å². The molecule has 0 N–H and O–H groups in total. The highest BCUT2D eigenvalue weighted by Gasteiger charge is 2.60. The summed E-state index contributed by atoms with van der Waals surface area (Å²) < 4.78 is 33.8. The molecule has 0 aliphatic carbocycles. The van der Waals surface area contributed by atoms with E-state index >= 15 is 0 Å². The minimum absolute atomic E-state index is 0.319. The molecule has 38 heavy (non-hydrogen) atoms. The lowest BCUT2D eigenvalue weighted by Crippen LogP contribution is -2.42. The van der Waals surface area contributed by atoms with E-state index in [1.807, 2.05) is 91.0 Å². The molecule has 3 aromatic carbocycles. The zero-order valence-electron chi connectivity index (χ0n) is 20.8. The third-order valence-electron chi connectivity index (χ3n) is 6.84. The van der Waals surface area contributed by atoms with Crippen LogP contribution in [-0.4, -0.2) is 35.8 Å². The summed E-state index contributed by atoms with van der Waals surface area (Å²) in [7, 11) is 0. The fraction of sp³-hybridized carbons (Fsp3) is 0.258. The Balaban J connectivity index is 1.27. The molecule has 2 aliphatic rings. The van der Waals surface area contributed by atoms with E-state index in [9.17, 15) is 5.26 Å². The van der Waals surface area contributed by atoms with Gasteiger partial charge in [-0.25, -0.2) is 0 Å². The van der Waals surface area contributed by atoms with Gasteiger partial charge in [0.15, 0.2) is 6.29 Å². The van der Waals surface area contributed by atoms with E-state index in [1.54, 1.807) is 22.9 Å². The van der Waals surface area contributed by atoms with Crippen LogP contribution < -0.4 is 0 Å². The molecule has 2 aliphatic heterocycles. The molecule has 0 radical (unpaired) electrons. The van der Waals surface area contributed by atoms with Crippen molar-refractivity contribution < 1.29 is 23.7 Å². The number of hydrogen-bond acceptors (Lipinski definition) is 6. The van der Waals surface area contributed by atoms with Crippen LogP contribution in [0.4, 0.5) is 0 Å². The fourth-order valence-corrected chi connectivity index (χ4v) is 5.02. The largest absolute Gasteiger partial charge is 0.374 e. The molecule has 7 nitrogen and oxygen atoms in total. The SMILES string of the molecule is N#Cc1cccn1C1(c2ccccc2)O[C@H]2O[C@H](COCc3ccccc3)[C@@H](OCc3ccccc3)[C@H]2O1. The van der Waals surface area contributed by atoms with Crippen LogP contribution in [0.25, 0.3) is 0 Å². The maximum absolute atomic E-state index is 9.77.